The van der Waals surface area contributed by atoms with Crippen molar-refractivity contribution in [3.05, 3.63) is 82.6 Å². The number of nitrogens with zero attached hydrogens (tertiary/aromatic N) is 2. The Morgan fingerprint density at radius 1 is 1.03 bits per heavy atom. The van der Waals surface area contributed by atoms with Crippen LogP contribution in [0.3, 0.4) is 0 Å². The van der Waals surface area contributed by atoms with Crippen molar-refractivity contribution >= 4 is 23.5 Å². The second kappa shape index (κ2) is 11.6. The van der Waals surface area contributed by atoms with E-state index in [1.165, 1.54) is 0 Å². The summed E-state index contributed by atoms with van der Waals surface area (Å²) in [5.74, 6) is 0.842. The Balaban J connectivity index is 1.40. The van der Waals surface area contributed by atoms with Crippen LogP contribution in [0.15, 0.2) is 60.8 Å². The van der Waals surface area contributed by atoms with Gasteiger partial charge in [0.15, 0.2) is 0 Å². The lowest BCUT2D eigenvalue weighted by Gasteiger charge is -2.33. The fraction of sp³-hybridized carbons (Fsp3) is 0.400. The van der Waals surface area contributed by atoms with Crippen molar-refractivity contribution in [2.24, 2.45) is 5.92 Å². The van der Waals surface area contributed by atoms with Crippen LogP contribution < -0.4 is 4.74 Å². The summed E-state index contributed by atoms with van der Waals surface area (Å²) in [5, 5.41) is 0.612. The number of esters is 1. The van der Waals surface area contributed by atoms with Crippen molar-refractivity contribution < 1.29 is 23.8 Å². The highest BCUT2D eigenvalue weighted by Crippen LogP contribution is 2.44. The number of halogens is 1. The van der Waals surface area contributed by atoms with Gasteiger partial charge in [0.25, 0.3) is 0 Å². The predicted octanol–water partition coefficient (Wildman–Crippen LogP) is 5.88. The lowest BCUT2D eigenvalue weighted by atomic mass is 9.93. The van der Waals surface area contributed by atoms with Crippen LogP contribution in [-0.4, -0.2) is 48.1 Å². The van der Waals surface area contributed by atoms with E-state index in [9.17, 15) is 9.59 Å². The van der Waals surface area contributed by atoms with E-state index in [1.54, 1.807) is 7.11 Å². The van der Waals surface area contributed by atoms with Crippen molar-refractivity contribution in [3.8, 4) is 11.4 Å². The number of carbonyl (C=O) groups is 2. The standard InChI is InChI=1S/C30H33ClN2O5/c1-3-37-29(35)17-20-12-15-32(16-13-20)28(34)19-27-25-8-6-14-33(25)24-11-10-21(31)18-23(24)30(38-27)22-7-4-5-9-26(22)36-2/h4-11,14,18,20,27,30H,3,12-13,15-17,19H2,1-2H3/t27-,30-/m1/s1. The average molecular weight is 537 g/mol. The number of hydrogen-bond acceptors (Lipinski definition) is 5. The molecule has 0 radical (unpaired) electrons. The summed E-state index contributed by atoms with van der Waals surface area (Å²) < 4.78 is 19.7. The topological polar surface area (TPSA) is 70.0 Å². The Labute approximate surface area is 228 Å². The minimum Gasteiger partial charge on any atom is -0.496 e. The molecule has 0 spiro atoms. The smallest absolute Gasteiger partial charge is 0.306 e. The number of hydrogen-bond donors (Lipinski definition) is 0. The van der Waals surface area contributed by atoms with Crippen molar-refractivity contribution in [3.63, 3.8) is 0 Å². The van der Waals surface area contributed by atoms with Gasteiger partial charge in [0.2, 0.25) is 5.91 Å². The number of piperidine rings is 1. The molecule has 1 aromatic heterocycles. The molecule has 8 heteroatoms. The predicted molar refractivity (Wildman–Crippen MR) is 145 cm³/mol. The molecule has 2 atom stereocenters. The number of carbonyl (C=O) groups excluding carboxylic acids is 2. The summed E-state index contributed by atoms with van der Waals surface area (Å²) in [7, 11) is 1.64. The number of amides is 1. The van der Waals surface area contributed by atoms with Crippen LogP contribution in [0.2, 0.25) is 5.02 Å². The number of fused-ring (bicyclic) bond motifs is 3. The largest absolute Gasteiger partial charge is 0.496 e. The first-order valence-electron chi connectivity index (χ1n) is 13.2. The summed E-state index contributed by atoms with van der Waals surface area (Å²) in [4.78, 5) is 27.3. The SMILES string of the molecule is CCOC(=O)CC1CCN(C(=O)C[C@H]2O[C@H](c3ccccc3OC)c3cc(Cl)ccc3-n3cccc32)CC1. The second-order valence-electron chi connectivity index (χ2n) is 9.79. The summed E-state index contributed by atoms with van der Waals surface area (Å²) in [5.41, 5.74) is 3.66. The van der Waals surface area contributed by atoms with Crippen molar-refractivity contribution in [1.82, 2.24) is 9.47 Å². The van der Waals surface area contributed by atoms with Gasteiger partial charge >= 0.3 is 5.97 Å². The summed E-state index contributed by atoms with van der Waals surface area (Å²) in [6.45, 7) is 3.47. The van der Waals surface area contributed by atoms with Gasteiger partial charge in [-0.1, -0.05) is 29.8 Å². The zero-order valence-electron chi connectivity index (χ0n) is 21.8. The van der Waals surface area contributed by atoms with Gasteiger partial charge in [0.1, 0.15) is 18.0 Å². The number of benzene rings is 2. The second-order valence-corrected chi connectivity index (χ2v) is 10.2. The highest BCUT2D eigenvalue weighted by molar-refractivity contribution is 6.30. The molecule has 5 rings (SSSR count). The van der Waals surface area contributed by atoms with Crippen LogP contribution in [0.25, 0.3) is 5.69 Å². The lowest BCUT2D eigenvalue weighted by molar-refractivity contribution is -0.144. The average Bonchev–Trinajstić information content (AvgIpc) is 3.37. The molecule has 0 aliphatic carbocycles. The van der Waals surface area contributed by atoms with Crippen LogP contribution in [-0.2, 0) is 19.1 Å². The Hall–Kier alpha value is -3.29. The van der Waals surface area contributed by atoms with E-state index in [0.717, 1.165) is 35.3 Å². The van der Waals surface area contributed by atoms with Gasteiger partial charge in [-0.3, -0.25) is 9.59 Å². The van der Waals surface area contributed by atoms with Crippen LogP contribution in [0, 0.1) is 5.92 Å². The van der Waals surface area contributed by atoms with Gasteiger partial charge in [0.05, 0.1) is 31.5 Å². The Morgan fingerprint density at radius 3 is 2.58 bits per heavy atom. The minimum atomic E-state index is -0.479. The summed E-state index contributed by atoms with van der Waals surface area (Å²) in [6.07, 6.45) is 3.24. The first-order chi connectivity index (χ1) is 18.5. The molecule has 3 aromatic rings. The highest BCUT2D eigenvalue weighted by atomic mass is 35.5. The summed E-state index contributed by atoms with van der Waals surface area (Å²) in [6, 6.07) is 17.5. The monoisotopic (exact) mass is 536 g/mol. The molecule has 38 heavy (non-hydrogen) atoms. The van der Waals surface area contributed by atoms with Crippen molar-refractivity contribution in [1.29, 1.82) is 0 Å². The van der Waals surface area contributed by atoms with Crippen LogP contribution in [0.4, 0.5) is 0 Å². The third-order valence-electron chi connectivity index (χ3n) is 7.45. The maximum Gasteiger partial charge on any atom is 0.306 e. The molecule has 7 nitrogen and oxygen atoms in total. The van der Waals surface area contributed by atoms with Gasteiger partial charge in [-0.2, -0.15) is 0 Å². The maximum atomic E-state index is 13.5. The quantitative estimate of drug-likeness (QED) is 0.353. The Kier molecular flexibility index (Phi) is 8.05. The lowest BCUT2D eigenvalue weighted by Crippen LogP contribution is -2.39. The molecule has 1 fully saturated rings. The van der Waals surface area contributed by atoms with Crippen LogP contribution in [0.5, 0.6) is 5.75 Å². The molecule has 200 valence electrons. The van der Waals surface area contributed by atoms with Gasteiger partial charge in [-0.05, 0) is 62.1 Å². The highest BCUT2D eigenvalue weighted by Gasteiger charge is 2.34. The fourth-order valence-corrected chi connectivity index (χ4v) is 5.72. The van der Waals surface area contributed by atoms with Gasteiger partial charge < -0.3 is 23.7 Å². The van der Waals surface area contributed by atoms with E-state index < -0.39 is 12.2 Å². The number of rotatable bonds is 7. The number of methoxy groups -OCH3 is 1. The van der Waals surface area contributed by atoms with E-state index in [2.05, 4.69) is 4.57 Å². The van der Waals surface area contributed by atoms with E-state index >= 15 is 0 Å². The van der Waals surface area contributed by atoms with Gasteiger partial charge in [-0.15, -0.1) is 0 Å². The van der Waals surface area contributed by atoms with Crippen LogP contribution >= 0.6 is 11.6 Å². The molecular formula is C30H33ClN2O5. The molecule has 0 saturated carbocycles. The first kappa shape index (κ1) is 26.3. The molecule has 3 heterocycles. The Morgan fingerprint density at radius 2 is 1.82 bits per heavy atom. The number of para-hydroxylation sites is 1. The van der Waals surface area contributed by atoms with E-state index in [-0.39, 0.29) is 24.2 Å². The zero-order valence-corrected chi connectivity index (χ0v) is 22.5. The molecule has 2 aromatic carbocycles. The Bertz CT molecular complexity index is 1300. The third kappa shape index (κ3) is 5.45. The van der Waals surface area contributed by atoms with E-state index in [4.69, 9.17) is 25.8 Å². The molecule has 1 saturated heterocycles. The van der Waals surface area contributed by atoms with E-state index in [1.807, 2.05) is 72.6 Å². The number of ether oxygens (including phenoxy) is 3. The van der Waals surface area contributed by atoms with Crippen molar-refractivity contribution in [2.75, 3.05) is 26.8 Å². The third-order valence-corrected chi connectivity index (χ3v) is 7.69. The molecule has 0 bridgehead atoms. The normalized spacial score (nSPS) is 19.3. The summed E-state index contributed by atoms with van der Waals surface area (Å²) >= 11 is 6.45. The zero-order chi connectivity index (χ0) is 26.6. The minimum absolute atomic E-state index is 0.0418. The molecular weight excluding hydrogens is 504 g/mol. The number of aromatic nitrogens is 1. The van der Waals surface area contributed by atoms with E-state index in [0.29, 0.717) is 36.9 Å². The molecule has 0 N–H and O–H groups in total. The maximum absolute atomic E-state index is 13.5. The van der Waals surface area contributed by atoms with Gasteiger partial charge in [0, 0.05) is 41.9 Å². The van der Waals surface area contributed by atoms with Crippen LogP contribution in [0.1, 0.15) is 61.6 Å². The number of likely N-dealkylation sites (tertiary alicyclic amines) is 1. The van der Waals surface area contributed by atoms with Crippen molar-refractivity contribution in [2.45, 2.75) is 44.8 Å². The molecule has 2 aliphatic heterocycles. The molecule has 2 aliphatic rings. The molecule has 0 unspecified atom stereocenters. The molecule has 1 amide bonds. The van der Waals surface area contributed by atoms with Gasteiger partial charge in [-0.25, -0.2) is 0 Å². The first-order valence-corrected chi connectivity index (χ1v) is 13.5. The fourth-order valence-electron chi connectivity index (χ4n) is 5.54.